The quantitative estimate of drug-likeness (QED) is 0.671. The number of rotatable bonds is 8. The molecular weight excluding hydrogens is 344 g/mol. The summed E-state index contributed by atoms with van der Waals surface area (Å²) in [5.74, 6) is -0.295. The number of hydrogen-bond donors (Lipinski definition) is 0. The molecule has 0 aliphatic rings. The molecule has 0 fully saturated rings. The Hall–Kier alpha value is -3.33. The zero-order chi connectivity index (χ0) is 19.6. The van der Waals surface area contributed by atoms with Gasteiger partial charge in [-0.2, -0.15) is 5.26 Å². The summed E-state index contributed by atoms with van der Waals surface area (Å²) in [6, 6.07) is 18.3. The lowest BCUT2D eigenvalue weighted by molar-refractivity contribution is -0.138. The first kappa shape index (κ1) is 20.0. The third kappa shape index (κ3) is 6.15. The van der Waals surface area contributed by atoms with Gasteiger partial charge in [0.25, 0.3) is 5.91 Å². The van der Waals surface area contributed by atoms with Crippen LogP contribution in [-0.2, 0) is 16.1 Å². The number of amides is 1. The standard InChI is InChI=1S/C21H22N2O4/c1-16(20(24)23(2)14-6-13-22)27-21(25)18-9-11-19(12-10-18)26-15-17-7-4-3-5-8-17/h3-5,7-12,16H,6,14-15H2,1-2H3/t16-/m0/s1. The zero-order valence-corrected chi connectivity index (χ0v) is 15.4. The van der Waals surface area contributed by atoms with Crippen LogP contribution in [0.25, 0.3) is 0 Å². The highest BCUT2D eigenvalue weighted by molar-refractivity contribution is 5.92. The van der Waals surface area contributed by atoms with E-state index in [1.807, 2.05) is 36.4 Å². The molecule has 0 N–H and O–H groups in total. The van der Waals surface area contributed by atoms with Crippen LogP contribution < -0.4 is 4.74 Å². The van der Waals surface area contributed by atoms with Gasteiger partial charge in [-0.1, -0.05) is 30.3 Å². The first-order valence-corrected chi connectivity index (χ1v) is 8.61. The summed E-state index contributed by atoms with van der Waals surface area (Å²) < 4.78 is 10.9. The molecule has 2 aromatic carbocycles. The summed E-state index contributed by atoms with van der Waals surface area (Å²) in [6.45, 7) is 2.25. The number of carbonyl (C=O) groups is 2. The second-order valence-electron chi connectivity index (χ2n) is 6.01. The normalized spacial score (nSPS) is 11.1. The highest BCUT2D eigenvalue weighted by Gasteiger charge is 2.22. The number of carbonyl (C=O) groups excluding carboxylic acids is 2. The molecule has 2 aromatic rings. The van der Waals surface area contributed by atoms with Crippen molar-refractivity contribution in [3.05, 3.63) is 65.7 Å². The van der Waals surface area contributed by atoms with Crippen LogP contribution in [0.1, 0.15) is 29.3 Å². The average Bonchev–Trinajstić information content (AvgIpc) is 2.70. The smallest absolute Gasteiger partial charge is 0.338 e. The maximum atomic E-state index is 12.2. The van der Waals surface area contributed by atoms with Crippen LogP contribution in [0.3, 0.4) is 0 Å². The van der Waals surface area contributed by atoms with Crippen LogP contribution in [-0.4, -0.2) is 36.5 Å². The molecule has 0 spiro atoms. The molecule has 0 aliphatic heterocycles. The summed E-state index contributed by atoms with van der Waals surface area (Å²) in [4.78, 5) is 25.7. The van der Waals surface area contributed by atoms with Gasteiger partial charge in [0.05, 0.1) is 18.1 Å². The summed E-state index contributed by atoms with van der Waals surface area (Å²) in [5, 5.41) is 8.57. The van der Waals surface area contributed by atoms with E-state index in [1.54, 1.807) is 31.3 Å². The molecule has 0 aromatic heterocycles. The van der Waals surface area contributed by atoms with Gasteiger partial charge in [-0.3, -0.25) is 4.79 Å². The third-order valence-electron chi connectivity index (χ3n) is 3.91. The number of nitrogens with zero attached hydrogens (tertiary/aromatic N) is 2. The fraction of sp³-hybridized carbons (Fsp3) is 0.286. The van der Waals surface area contributed by atoms with Crippen molar-refractivity contribution in [3.63, 3.8) is 0 Å². The minimum absolute atomic E-state index is 0.230. The third-order valence-corrected chi connectivity index (χ3v) is 3.91. The lowest BCUT2D eigenvalue weighted by Crippen LogP contribution is -2.37. The first-order valence-electron chi connectivity index (χ1n) is 8.61. The van der Waals surface area contributed by atoms with E-state index >= 15 is 0 Å². The Balaban J connectivity index is 1.87. The van der Waals surface area contributed by atoms with Crippen LogP contribution in [0.4, 0.5) is 0 Å². The molecule has 0 saturated heterocycles. The molecule has 0 bridgehead atoms. The minimum atomic E-state index is -0.921. The van der Waals surface area contributed by atoms with Crippen molar-refractivity contribution < 1.29 is 19.1 Å². The van der Waals surface area contributed by atoms with Gasteiger partial charge in [-0.25, -0.2) is 4.79 Å². The Labute approximate surface area is 158 Å². The SMILES string of the molecule is C[C@H](OC(=O)c1ccc(OCc2ccccc2)cc1)C(=O)N(C)CCC#N. The van der Waals surface area contributed by atoms with E-state index in [0.29, 0.717) is 24.5 Å². The Morgan fingerprint density at radius 1 is 1.11 bits per heavy atom. The van der Waals surface area contributed by atoms with E-state index < -0.39 is 12.1 Å². The van der Waals surface area contributed by atoms with Crippen molar-refractivity contribution in [1.82, 2.24) is 4.90 Å². The van der Waals surface area contributed by atoms with Crippen molar-refractivity contribution >= 4 is 11.9 Å². The lowest BCUT2D eigenvalue weighted by atomic mass is 10.2. The topological polar surface area (TPSA) is 79.6 Å². The number of hydrogen-bond acceptors (Lipinski definition) is 5. The Kier molecular flexibility index (Phi) is 7.38. The van der Waals surface area contributed by atoms with Crippen molar-refractivity contribution in [2.75, 3.05) is 13.6 Å². The summed E-state index contributed by atoms with van der Waals surface area (Å²) >= 11 is 0. The van der Waals surface area contributed by atoms with Crippen LogP contribution in [0, 0.1) is 11.3 Å². The van der Waals surface area contributed by atoms with E-state index in [4.69, 9.17) is 14.7 Å². The summed E-state index contributed by atoms with van der Waals surface area (Å²) in [6.07, 6.45) is -0.692. The number of likely N-dealkylation sites (N-methyl/N-ethyl adjacent to an activating group) is 1. The molecule has 0 unspecified atom stereocenters. The number of nitriles is 1. The summed E-state index contributed by atoms with van der Waals surface area (Å²) in [7, 11) is 1.57. The molecule has 0 heterocycles. The van der Waals surface area contributed by atoms with E-state index in [9.17, 15) is 9.59 Å². The Morgan fingerprint density at radius 3 is 2.41 bits per heavy atom. The molecule has 27 heavy (non-hydrogen) atoms. The second kappa shape index (κ2) is 9.97. The molecular formula is C21H22N2O4. The predicted molar refractivity (Wildman–Crippen MR) is 100.0 cm³/mol. The summed E-state index contributed by atoms with van der Waals surface area (Å²) in [5.41, 5.74) is 1.38. The first-order chi connectivity index (χ1) is 13.0. The fourth-order valence-electron chi connectivity index (χ4n) is 2.35. The fourth-order valence-corrected chi connectivity index (χ4v) is 2.35. The van der Waals surface area contributed by atoms with Gasteiger partial charge in [-0.05, 0) is 36.8 Å². The molecule has 140 valence electrons. The van der Waals surface area contributed by atoms with Crippen LogP contribution in [0.2, 0.25) is 0 Å². The van der Waals surface area contributed by atoms with Gasteiger partial charge in [-0.15, -0.1) is 0 Å². The number of esters is 1. The monoisotopic (exact) mass is 366 g/mol. The van der Waals surface area contributed by atoms with Gasteiger partial charge < -0.3 is 14.4 Å². The molecule has 0 radical (unpaired) electrons. The predicted octanol–water partition coefficient (Wildman–Crippen LogP) is 3.18. The molecule has 0 aliphatic carbocycles. The van der Waals surface area contributed by atoms with Crippen LogP contribution in [0.15, 0.2) is 54.6 Å². The molecule has 6 heteroatoms. The van der Waals surface area contributed by atoms with Crippen molar-refractivity contribution in [2.45, 2.75) is 26.1 Å². The largest absolute Gasteiger partial charge is 0.489 e. The maximum Gasteiger partial charge on any atom is 0.338 e. The maximum absolute atomic E-state index is 12.2. The molecule has 1 amide bonds. The zero-order valence-electron chi connectivity index (χ0n) is 15.4. The van der Waals surface area contributed by atoms with Gasteiger partial charge in [0.15, 0.2) is 6.10 Å². The molecule has 6 nitrogen and oxygen atoms in total. The Bertz CT molecular complexity index is 797. The van der Waals surface area contributed by atoms with Gasteiger partial charge in [0.1, 0.15) is 12.4 Å². The number of benzene rings is 2. The molecule has 0 saturated carbocycles. The van der Waals surface area contributed by atoms with Crippen molar-refractivity contribution in [2.24, 2.45) is 0 Å². The van der Waals surface area contributed by atoms with E-state index in [-0.39, 0.29) is 12.3 Å². The van der Waals surface area contributed by atoms with Gasteiger partial charge in [0, 0.05) is 13.6 Å². The van der Waals surface area contributed by atoms with Gasteiger partial charge in [0.2, 0.25) is 0 Å². The highest BCUT2D eigenvalue weighted by Crippen LogP contribution is 2.15. The van der Waals surface area contributed by atoms with E-state index in [1.165, 1.54) is 11.8 Å². The molecule has 2 rings (SSSR count). The van der Waals surface area contributed by atoms with E-state index in [0.717, 1.165) is 5.56 Å². The van der Waals surface area contributed by atoms with Crippen molar-refractivity contribution in [3.8, 4) is 11.8 Å². The second-order valence-corrected chi connectivity index (χ2v) is 6.01. The Morgan fingerprint density at radius 2 is 1.78 bits per heavy atom. The highest BCUT2D eigenvalue weighted by atomic mass is 16.5. The minimum Gasteiger partial charge on any atom is -0.489 e. The van der Waals surface area contributed by atoms with Gasteiger partial charge >= 0.3 is 5.97 Å². The lowest BCUT2D eigenvalue weighted by Gasteiger charge is -2.20. The van der Waals surface area contributed by atoms with Crippen molar-refractivity contribution in [1.29, 1.82) is 5.26 Å². The number of ether oxygens (including phenoxy) is 2. The molecule has 1 atom stereocenters. The van der Waals surface area contributed by atoms with Crippen LogP contribution >= 0.6 is 0 Å². The average molecular weight is 366 g/mol. The van der Waals surface area contributed by atoms with Crippen LogP contribution in [0.5, 0.6) is 5.75 Å². The van der Waals surface area contributed by atoms with E-state index in [2.05, 4.69) is 0 Å².